The first-order valence-electron chi connectivity index (χ1n) is 5.17. The highest BCUT2D eigenvalue weighted by molar-refractivity contribution is 7.09. The van der Waals surface area contributed by atoms with E-state index >= 15 is 0 Å². The summed E-state index contributed by atoms with van der Waals surface area (Å²) in [5, 5.41) is 12.3. The maximum absolute atomic E-state index is 11.3. The molecule has 4 nitrogen and oxygen atoms in total. The Hall–Kier alpha value is -0.940. The summed E-state index contributed by atoms with van der Waals surface area (Å²) in [6.07, 6.45) is -1.27. The van der Waals surface area contributed by atoms with Gasteiger partial charge in [0.2, 0.25) is 0 Å². The number of esters is 1. The summed E-state index contributed by atoms with van der Waals surface area (Å²) in [7, 11) is 0. The molecular formula is C11H17NO3S. The average Bonchev–Trinajstić information content (AvgIpc) is 2.65. The third-order valence-electron chi connectivity index (χ3n) is 1.95. The van der Waals surface area contributed by atoms with Crippen molar-refractivity contribution in [2.24, 2.45) is 0 Å². The first kappa shape index (κ1) is 13.1. The first-order chi connectivity index (χ1) is 7.36. The smallest absolute Gasteiger partial charge is 0.341 e. The Bertz CT molecular complexity index is 368. The minimum absolute atomic E-state index is 0.0721. The lowest BCUT2D eigenvalue weighted by atomic mass is 9.98. The molecule has 0 aliphatic heterocycles. The van der Waals surface area contributed by atoms with E-state index in [0.29, 0.717) is 5.69 Å². The van der Waals surface area contributed by atoms with E-state index in [9.17, 15) is 9.90 Å². The Morgan fingerprint density at radius 3 is 2.69 bits per heavy atom. The maximum Gasteiger partial charge on any atom is 0.341 e. The fourth-order valence-corrected chi connectivity index (χ4v) is 2.02. The van der Waals surface area contributed by atoms with Crippen LogP contribution in [0.3, 0.4) is 0 Å². The van der Waals surface area contributed by atoms with Crippen LogP contribution in [0.1, 0.15) is 44.5 Å². The molecule has 1 aromatic rings. The number of rotatable bonds is 3. The minimum Gasteiger partial charge on any atom is -0.464 e. The molecule has 0 aliphatic carbocycles. The number of carbonyl (C=O) groups is 1. The Balaban J connectivity index is 2.82. The Morgan fingerprint density at radius 2 is 2.25 bits per heavy atom. The predicted molar refractivity (Wildman–Crippen MR) is 62.4 cm³/mol. The highest BCUT2D eigenvalue weighted by atomic mass is 32.1. The number of aliphatic hydroxyl groups excluding tert-OH is 1. The van der Waals surface area contributed by atoms with Gasteiger partial charge in [-0.3, -0.25) is 0 Å². The van der Waals surface area contributed by atoms with Crippen LogP contribution in [0.25, 0.3) is 0 Å². The second-order valence-electron chi connectivity index (χ2n) is 4.48. The lowest BCUT2D eigenvalue weighted by Crippen LogP contribution is -2.17. The summed E-state index contributed by atoms with van der Waals surface area (Å²) < 4.78 is 4.73. The van der Waals surface area contributed by atoms with E-state index in [1.807, 2.05) is 20.8 Å². The fourth-order valence-electron chi connectivity index (χ4n) is 1.10. The van der Waals surface area contributed by atoms with Gasteiger partial charge in [-0.2, -0.15) is 0 Å². The van der Waals surface area contributed by atoms with Gasteiger partial charge in [0.05, 0.1) is 17.3 Å². The zero-order chi connectivity index (χ0) is 12.3. The van der Waals surface area contributed by atoms with Gasteiger partial charge in [-0.05, 0) is 6.92 Å². The summed E-state index contributed by atoms with van der Waals surface area (Å²) in [5.74, 6) is -0.645. The quantitative estimate of drug-likeness (QED) is 0.825. The van der Waals surface area contributed by atoms with E-state index in [0.717, 1.165) is 5.01 Å². The highest BCUT2D eigenvalue weighted by Crippen LogP contribution is 2.27. The molecule has 0 bridgehead atoms. The van der Waals surface area contributed by atoms with E-state index in [-0.39, 0.29) is 12.0 Å². The average molecular weight is 243 g/mol. The van der Waals surface area contributed by atoms with Crippen molar-refractivity contribution in [1.29, 1.82) is 0 Å². The van der Waals surface area contributed by atoms with E-state index in [2.05, 4.69) is 4.98 Å². The van der Waals surface area contributed by atoms with Crippen LogP contribution in [-0.4, -0.2) is 22.7 Å². The molecule has 0 amide bonds. The molecule has 0 aromatic carbocycles. The van der Waals surface area contributed by atoms with Crippen LogP contribution in [0.2, 0.25) is 0 Å². The van der Waals surface area contributed by atoms with Crippen LogP contribution in [0.5, 0.6) is 0 Å². The summed E-state index contributed by atoms with van der Waals surface area (Å²) in [4.78, 5) is 15.5. The molecule has 0 saturated heterocycles. The van der Waals surface area contributed by atoms with E-state index in [1.165, 1.54) is 11.3 Å². The summed E-state index contributed by atoms with van der Waals surface area (Å²) in [5.41, 5.74) is 0.297. The third-order valence-corrected chi connectivity index (χ3v) is 3.24. The van der Waals surface area contributed by atoms with E-state index < -0.39 is 12.1 Å². The van der Waals surface area contributed by atoms with Crippen LogP contribution in [0.4, 0.5) is 0 Å². The largest absolute Gasteiger partial charge is 0.464 e. The van der Waals surface area contributed by atoms with Gasteiger partial charge in [-0.25, -0.2) is 9.78 Å². The number of ether oxygens (including phenoxy) is 1. The van der Waals surface area contributed by atoms with Crippen LogP contribution in [0, 0.1) is 0 Å². The third kappa shape index (κ3) is 3.02. The molecule has 1 unspecified atom stereocenters. The zero-order valence-corrected chi connectivity index (χ0v) is 10.8. The van der Waals surface area contributed by atoms with Gasteiger partial charge in [0, 0.05) is 10.8 Å². The Kier molecular flexibility index (Phi) is 4.04. The molecular weight excluding hydrogens is 226 g/mol. The molecule has 0 fully saturated rings. The highest BCUT2D eigenvalue weighted by Gasteiger charge is 2.24. The molecule has 16 heavy (non-hydrogen) atoms. The summed E-state index contributed by atoms with van der Waals surface area (Å²) in [6.45, 7) is 8.06. The van der Waals surface area contributed by atoms with Crippen LogP contribution in [-0.2, 0) is 14.9 Å². The predicted octanol–water partition coefficient (Wildman–Crippen LogP) is 2.04. The van der Waals surface area contributed by atoms with Crippen molar-refractivity contribution in [3.05, 3.63) is 16.1 Å². The summed E-state index contributed by atoms with van der Waals surface area (Å²) in [6, 6.07) is 0. The molecule has 0 aliphatic rings. The standard InChI is InChI=1S/C11H17NO3S/c1-5-15-9(14)8(13)7-6-16-10(12-7)11(2,3)4/h6,8,13H,5H2,1-4H3. The van der Waals surface area contributed by atoms with Crippen LogP contribution in [0.15, 0.2) is 5.38 Å². The number of aromatic nitrogens is 1. The van der Waals surface area contributed by atoms with Gasteiger partial charge in [0.15, 0.2) is 6.10 Å². The maximum atomic E-state index is 11.3. The molecule has 1 rings (SSSR count). The lowest BCUT2D eigenvalue weighted by molar-refractivity contribution is -0.153. The number of hydrogen-bond acceptors (Lipinski definition) is 5. The van der Waals surface area contributed by atoms with Crippen LogP contribution < -0.4 is 0 Å². The molecule has 0 radical (unpaired) electrons. The monoisotopic (exact) mass is 243 g/mol. The number of carbonyl (C=O) groups excluding carboxylic acids is 1. The molecule has 90 valence electrons. The summed E-state index contributed by atoms with van der Waals surface area (Å²) >= 11 is 1.44. The molecule has 1 N–H and O–H groups in total. The van der Waals surface area contributed by atoms with Gasteiger partial charge in [0.1, 0.15) is 0 Å². The van der Waals surface area contributed by atoms with Crippen molar-refractivity contribution in [2.75, 3.05) is 6.61 Å². The van der Waals surface area contributed by atoms with Crippen LogP contribution >= 0.6 is 11.3 Å². The number of hydrogen-bond donors (Lipinski definition) is 1. The van der Waals surface area contributed by atoms with Gasteiger partial charge < -0.3 is 9.84 Å². The van der Waals surface area contributed by atoms with Gasteiger partial charge in [-0.1, -0.05) is 20.8 Å². The first-order valence-corrected chi connectivity index (χ1v) is 6.04. The van der Waals surface area contributed by atoms with E-state index in [4.69, 9.17) is 4.74 Å². The van der Waals surface area contributed by atoms with Crippen molar-refractivity contribution < 1.29 is 14.6 Å². The Labute approximate surface area is 99.3 Å². The minimum atomic E-state index is -1.27. The van der Waals surface area contributed by atoms with Crippen molar-refractivity contribution in [3.63, 3.8) is 0 Å². The topological polar surface area (TPSA) is 59.4 Å². The van der Waals surface area contributed by atoms with Crippen molar-refractivity contribution >= 4 is 17.3 Å². The van der Waals surface area contributed by atoms with E-state index in [1.54, 1.807) is 12.3 Å². The molecule has 0 saturated carbocycles. The molecule has 5 heteroatoms. The Morgan fingerprint density at radius 1 is 1.62 bits per heavy atom. The number of nitrogens with zero attached hydrogens (tertiary/aromatic N) is 1. The number of aliphatic hydroxyl groups is 1. The van der Waals surface area contributed by atoms with Gasteiger partial charge >= 0.3 is 5.97 Å². The lowest BCUT2D eigenvalue weighted by Gasteiger charge is -2.14. The molecule has 0 spiro atoms. The normalized spacial score (nSPS) is 13.6. The second kappa shape index (κ2) is 4.93. The second-order valence-corrected chi connectivity index (χ2v) is 5.34. The van der Waals surface area contributed by atoms with Crippen molar-refractivity contribution in [3.8, 4) is 0 Å². The van der Waals surface area contributed by atoms with Gasteiger partial charge in [-0.15, -0.1) is 11.3 Å². The molecule has 1 atom stereocenters. The molecule has 1 heterocycles. The number of thiazole rings is 1. The van der Waals surface area contributed by atoms with Crippen molar-refractivity contribution in [1.82, 2.24) is 4.98 Å². The fraction of sp³-hybridized carbons (Fsp3) is 0.636. The van der Waals surface area contributed by atoms with Gasteiger partial charge in [0.25, 0.3) is 0 Å². The molecule has 1 aromatic heterocycles. The van der Waals surface area contributed by atoms with Crippen molar-refractivity contribution in [2.45, 2.75) is 39.2 Å². The zero-order valence-electron chi connectivity index (χ0n) is 9.98. The SMILES string of the molecule is CCOC(=O)C(O)c1csc(C(C)(C)C)n1.